The Labute approximate surface area is 141 Å². The number of aryl methyl sites for hydroxylation is 1. The van der Waals surface area contributed by atoms with E-state index in [1.54, 1.807) is 6.33 Å². The maximum absolute atomic E-state index is 12.3. The lowest BCUT2D eigenvalue weighted by molar-refractivity contribution is -0.124. The number of carbonyl (C=O) groups is 1. The van der Waals surface area contributed by atoms with Gasteiger partial charge >= 0.3 is 0 Å². The number of nitrogens with zero attached hydrogens (tertiary/aromatic N) is 3. The Kier molecular flexibility index (Phi) is 4.86. The van der Waals surface area contributed by atoms with Crippen LogP contribution in [0.3, 0.4) is 0 Å². The van der Waals surface area contributed by atoms with Crippen molar-refractivity contribution in [1.82, 2.24) is 14.9 Å². The number of benzene rings is 1. The molecule has 0 bridgehead atoms. The van der Waals surface area contributed by atoms with E-state index in [9.17, 15) is 4.79 Å². The maximum atomic E-state index is 12.3. The van der Waals surface area contributed by atoms with E-state index in [0.29, 0.717) is 6.54 Å². The van der Waals surface area contributed by atoms with Gasteiger partial charge in [-0.3, -0.25) is 4.79 Å². The Balaban J connectivity index is 1.48. The molecule has 1 saturated heterocycles. The summed E-state index contributed by atoms with van der Waals surface area (Å²) < 4.78 is 1.91. The molecule has 1 aromatic carbocycles. The lowest BCUT2D eigenvalue weighted by atomic mass is 10.1. The van der Waals surface area contributed by atoms with Crippen LogP contribution in [0, 0.1) is 5.92 Å². The standard InChI is InChI=1S/C17H21ClN4O/c1-21-11-14(20-12-21)6-8-19-17(23)13-7-9-22(10-13)16-5-3-2-4-15(16)18/h2-5,11-13H,6-10H2,1H3,(H,19,23). The number of aromatic nitrogens is 2. The van der Waals surface area contributed by atoms with Crippen LogP contribution in [0.2, 0.25) is 5.02 Å². The molecule has 5 nitrogen and oxygen atoms in total. The quantitative estimate of drug-likeness (QED) is 0.913. The van der Waals surface area contributed by atoms with E-state index in [0.717, 1.165) is 42.3 Å². The molecule has 2 heterocycles. The first-order valence-corrected chi connectivity index (χ1v) is 8.25. The number of rotatable bonds is 5. The lowest BCUT2D eigenvalue weighted by Crippen LogP contribution is -2.34. The smallest absolute Gasteiger partial charge is 0.224 e. The minimum atomic E-state index is 0.0232. The van der Waals surface area contributed by atoms with Gasteiger partial charge in [-0.25, -0.2) is 4.98 Å². The van der Waals surface area contributed by atoms with Crippen LogP contribution in [0.1, 0.15) is 12.1 Å². The average Bonchev–Trinajstić information content (AvgIpc) is 3.17. The summed E-state index contributed by atoms with van der Waals surface area (Å²) in [6.45, 7) is 2.21. The van der Waals surface area contributed by atoms with E-state index in [1.807, 2.05) is 42.1 Å². The van der Waals surface area contributed by atoms with E-state index in [1.165, 1.54) is 0 Å². The average molecular weight is 333 g/mol. The van der Waals surface area contributed by atoms with Crippen molar-refractivity contribution in [3.8, 4) is 0 Å². The number of halogens is 1. The van der Waals surface area contributed by atoms with Crippen molar-refractivity contribution in [2.75, 3.05) is 24.5 Å². The highest BCUT2D eigenvalue weighted by atomic mass is 35.5. The van der Waals surface area contributed by atoms with Gasteiger partial charge in [-0.1, -0.05) is 23.7 Å². The number of nitrogens with one attached hydrogen (secondary N) is 1. The summed E-state index contributed by atoms with van der Waals surface area (Å²) >= 11 is 6.23. The molecule has 1 atom stereocenters. The fourth-order valence-corrected chi connectivity index (χ4v) is 3.21. The van der Waals surface area contributed by atoms with Gasteiger partial charge in [-0.05, 0) is 18.6 Å². The molecular weight excluding hydrogens is 312 g/mol. The molecule has 0 radical (unpaired) electrons. The summed E-state index contributed by atoms with van der Waals surface area (Å²) in [5.74, 6) is 0.144. The number of imidazole rings is 1. The second-order valence-electron chi connectivity index (χ2n) is 5.95. The largest absolute Gasteiger partial charge is 0.370 e. The minimum Gasteiger partial charge on any atom is -0.370 e. The Hall–Kier alpha value is -2.01. The molecule has 1 amide bonds. The highest BCUT2D eigenvalue weighted by Gasteiger charge is 2.28. The van der Waals surface area contributed by atoms with Crippen molar-refractivity contribution in [2.24, 2.45) is 13.0 Å². The third kappa shape index (κ3) is 3.85. The van der Waals surface area contributed by atoms with E-state index < -0.39 is 0 Å². The number of amides is 1. The van der Waals surface area contributed by atoms with Gasteiger partial charge in [0, 0.05) is 39.3 Å². The molecule has 23 heavy (non-hydrogen) atoms. The zero-order valence-corrected chi connectivity index (χ0v) is 14.0. The molecule has 1 aromatic heterocycles. The summed E-state index contributed by atoms with van der Waals surface area (Å²) in [5.41, 5.74) is 2.01. The first kappa shape index (κ1) is 15.9. The predicted molar refractivity (Wildman–Crippen MR) is 91.7 cm³/mol. The molecule has 1 aliphatic heterocycles. The van der Waals surface area contributed by atoms with E-state index in [-0.39, 0.29) is 11.8 Å². The topological polar surface area (TPSA) is 50.2 Å². The summed E-state index contributed by atoms with van der Waals surface area (Å²) in [7, 11) is 1.94. The van der Waals surface area contributed by atoms with Gasteiger partial charge in [0.05, 0.1) is 28.6 Å². The number of carbonyl (C=O) groups excluding carboxylic acids is 1. The van der Waals surface area contributed by atoms with Gasteiger partial charge in [0.2, 0.25) is 5.91 Å². The van der Waals surface area contributed by atoms with Crippen molar-refractivity contribution in [3.05, 3.63) is 47.5 Å². The number of para-hydroxylation sites is 1. The van der Waals surface area contributed by atoms with Crippen LogP contribution in [-0.2, 0) is 18.3 Å². The monoisotopic (exact) mass is 332 g/mol. The third-order valence-corrected chi connectivity index (χ3v) is 4.51. The van der Waals surface area contributed by atoms with E-state index >= 15 is 0 Å². The maximum Gasteiger partial charge on any atom is 0.224 e. The molecule has 0 spiro atoms. The van der Waals surface area contributed by atoms with E-state index in [2.05, 4.69) is 15.2 Å². The molecule has 3 rings (SSSR count). The third-order valence-electron chi connectivity index (χ3n) is 4.19. The molecule has 6 heteroatoms. The Morgan fingerprint density at radius 1 is 1.43 bits per heavy atom. The Bertz CT molecular complexity index is 685. The fourth-order valence-electron chi connectivity index (χ4n) is 2.96. The van der Waals surface area contributed by atoms with Crippen LogP contribution in [0.5, 0.6) is 0 Å². The van der Waals surface area contributed by atoms with Crippen molar-refractivity contribution in [2.45, 2.75) is 12.8 Å². The second-order valence-corrected chi connectivity index (χ2v) is 6.36. The van der Waals surface area contributed by atoms with Gasteiger partial charge in [-0.2, -0.15) is 0 Å². The summed E-state index contributed by atoms with van der Waals surface area (Å²) in [4.78, 5) is 18.8. The van der Waals surface area contributed by atoms with Crippen LogP contribution in [0.4, 0.5) is 5.69 Å². The van der Waals surface area contributed by atoms with Gasteiger partial charge in [0.25, 0.3) is 0 Å². The van der Waals surface area contributed by atoms with Gasteiger partial charge in [0.1, 0.15) is 0 Å². The van der Waals surface area contributed by atoms with Crippen LogP contribution in [0.25, 0.3) is 0 Å². The van der Waals surface area contributed by atoms with Gasteiger partial charge in [-0.15, -0.1) is 0 Å². The van der Waals surface area contributed by atoms with Crippen LogP contribution in [-0.4, -0.2) is 35.1 Å². The molecule has 2 aromatic rings. The zero-order valence-electron chi connectivity index (χ0n) is 13.2. The summed E-state index contributed by atoms with van der Waals surface area (Å²) in [6.07, 6.45) is 5.37. The predicted octanol–water partition coefficient (Wildman–Crippen LogP) is 2.26. The fraction of sp³-hybridized carbons (Fsp3) is 0.412. The van der Waals surface area contributed by atoms with Gasteiger partial charge < -0.3 is 14.8 Å². The zero-order chi connectivity index (χ0) is 16.2. The molecule has 1 N–H and O–H groups in total. The van der Waals surface area contributed by atoms with Crippen molar-refractivity contribution in [1.29, 1.82) is 0 Å². The number of hydrogen-bond donors (Lipinski definition) is 1. The molecule has 1 fully saturated rings. The highest BCUT2D eigenvalue weighted by Crippen LogP contribution is 2.30. The molecular formula is C17H21ClN4O. The van der Waals surface area contributed by atoms with Crippen LogP contribution in [0.15, 0.2) is 36.8 Å². The molecule has 0 saturated carbocycles. The number of hydrogen-bond acceptors (Lipinski definition) is 3. The minimum absolute atomic E-state index is 0.0232. The van der Waals surface area contributed by atoms with Gasteiger partial charge in [0.15, 0.2) is 0 Å². The van der Waals surface area contributed by atoms with Crippen molar-refractivity contribution in [3.63, 3.8) is 0 Å². The lowest BCUT2D eigenvalue weighted by Gasteiger charge is -2.19. The van der Waals surface area contributed by atoms with Crippen molar-refractivity contribution >= 4 is 23.2 Å². The Morgan fingerprint density at radius 3 is 3.00 bits per heavy atom. The summed E-state index contributed by atoms with van der Waals surface area (Å²) in [6, 6.07) is 7.78. The van der Waals surface area contributed by atoms with Crippen LogP contribution < -0.4 is 10.2 Å². The number of anilines is 1. The first-order valence-electron chi connectivity index (χ1n) is 7.87. The summed E-state index contributed by atoms with van der Waals surface area (Å²) in [5, 5.41) is 3.76. The molecule has 1 unspecified atom stereocenters. The first-order chi connectivity index (χ1) is 11.1. The Morgan fingerprint density at radius 2 is 2.26 bits per heavy atom. The highest BCUT2D eigenvalue weighted by molar-refractivity contribution is 6.33. The van der Waals surface area contributed by atoms with Crippen molar-refractivity contribution < 1.29 is 4.79 Å². The van der Waals surface area contributed by atoms with E-state index in [4.69, 9.17) is 11.6 Å². The molecule has 122 valence electrons. The molecule has 1 aliphatic rings. The van der Waals surface area contributed by atoms with Crippen LogP contribution >= 0.6 is 11.6 Å². The SMILES string of the molecule is Cn1cnc(CCNC(=O)C2CCN(c3ccccc3Cl)C2)c1. The second kappa shape index (κ2) is 7.04. The molecule has 0 aliphatic carbocycles. The normalized spacial score (nSPS) is 17.5.